The predicted molar refractivity (Wildman–Crippen MR) is 108 cm³/mol. The van der Waals surface area contributed by atoms with Crippen LogP contribution in [0.3, 0.4) is 0 Å². The predicted octanol–water partition coefficient (Wildman–Crippen LogP) is 3.99. The highest BCUT2D eigenvalue weighted by Crippen LogP contribution is 2.24. The number of thiophene rings is 1. The van der Waals surface area contributed by atoms with Crippen molar-refractivity contribution in [3.8, 4) is 0 Å². The van der Waals surface area contributed by atoms with E-state index in [2.05, 4.69) is 16.0 Å². The second-order valence-electron chi connectivity index (χ2n) is 5.88. The zero-order chi connectivity index (χ0) is 19.9. The van der Waals surface area contributed by atoms with E-state index >= 15 is 0 Å². The number of carbonyl (C=O) groups excluding carboxylic acids is 3. The molecule has 0 fully saturated rings. The van der Waals surface area contributed by atoms with Gasteiger partial charge >= 0.3 is 0 Å². The SMILES string of the molecule is CCCNC(=O)c1ccc(NC(=O)c2ccc(NC(=O)c3ccco3)s2)cc1. The van der Waals surface area contributed by atoms with Gasteiger partial charge in [-0.1, -0.05) is 6.92 Å². The molecular formula is C20H19N3O4S. The lowest BCUT2D eigenvalue weighted by Gasteiger charge is -2.06. The molecule has 0 saturated heterocycles. The van der Waals surface area contributed by atoms with E-state index in [0.717, 1.165) is 17.8 Å². The Labute approximate surface area is 165 Å². The lowest BCUT2D eigenvalue weighted by Crippen LogP contribution is -2.23. The van der Waals surface area contributed by atoms with Crippen molar-refractivity contribution in [1.82, 2.24) is 5.32 Å². The first kappa shape index (κ1) is 19.4. The fourth-order valence-corrected chi connectivity index (χ4v) is 3.14. The summed E-state index contributed by atoms with van der Waals surface area (Å²) in [7, 11) is 0. The molecule has 3 amide bonds. The number of rotatable bonds is 7. The minimum atomic E-state index is -0.379. The van der Waals surface area contributed by atoms with E-state index in [4.69, 9.17) is 4.42 Å². The summed E-state index contributed by atoms with van der Waals surface area (Å²) in [6.45, 7) is 2.60. The molecule has 0 bridgehead atoms. The highest BCUT2D eigenvalue weighted by molar-refractivity contribution is 7.18. The molecular weight excluding hydrogens is 378 g/mol. The van der Waals surface area contributed by atoms with Crippen LogP contribution in [-0.4, -0.2) is 24.3 Å². The molecule has 0 spiro atoms. The van der Waals surface area contributed by atoms with Gasteiger partial charge in [0.05, 0.1) is 16.1 Å². The zero-order valence-corrected chi connectivity index (χ0v) is 16.0. The molecule has 0 aliphatic carbocycles. The van der Waals surface area contributed by atoms with Crippen molar-refractivity contribution in [3.05, 3.63) is 71.0 Å². The van der Waals surface area contributed by atoms with Crippen LogP contribution in [0.5, 0.6) is 0 Å². The molecule has 0 radical (unpaired) electrons. The monoisotopic (exact) mass is 397 g/mol. The number of hydrogen-bond donors (Lipinski definition) is 3. The maximum atomic E-state index is 12.4. The lowest BCUT2D eigenvalue weighted by molar-refractivity contribution is 0.0952. The van der Waals surface area contributed by atoms with Gasteiger partial charge in [0, 0.05) is 17.8 Å². The van der Waals surface area contributed by atoms with Gasteiger partial charge in [0.2, 0.25) is 0 Å². The third kappa shape index (κ3) is 4.86. The van der Waals surface area contributed by atoms with Gasteiger partial charge in [-0.05, 0) is 55.0 Å². The Balaban J connectivity index is 1.58. The first-order valence-electron chi connectivity index (χ1n) is 8.71. The van der Waals surface area contributed by atoms with Crippen molar-refractivity contribution in [1.29, 1.82) is 0 Å². The van der Waals surface area contributed by atoms with E-state index in [1.165, 1.54) is 6.26 Å². The van der Waals surface area contributed by atoms with Gasteiger partial charge in [0.15, 0.2) is 5.76 Å². The molecule has 3 aromatic rings. The fourth-order valence-electron chi connectivity index (χ4n) is 2.35. The van der Waals surface area contributed by atoms with Crippen molar-refractivity contribution in [2.75, 3.05) is 17.2 Å². The number of hydrogen-bond acceptors (Lipinski definition) is 5. The average molecular weight is 397 g/mol. The summed E-state index contributed by atoms with van der Waals surface area (Å²) in [5.74, 6) is -0.625. The molecule has 1 aromatic carbocycles. The number of nitrogens with one attached hydrogen (secondary N) is 3. The van der Waals surface area contributed by atoms with E-state index < -0.39 is 0 Å². The third-order valence-electron chi connectivity index (χ3n) is 3.75. The van der Waals surface area contributed by atoms with Crippen LogP contribution >= 0.6 is 11.3 Å². The minimum Gasteiger partial charge on any atom is -0.459 e. The van der Waals surface area contributed by atoms with Gasteiger partial charge in [0.1, 0.15) is 0 Å². The van der Waals surface area contributed by atoms with E-state index in [1.807, 2.05) is 6.92 Å². The molecule has 2 heterocycles. The first-order chi connectivity index (χ1) is 13.6. The van der Waals surface area contributed by atoms with Crippen molar-refractivity contribution < 1.29 is 18.8 Å². The van der Waals surface area contributed by atoms with Crippen LogP contribution in [0.15, 0.2) is 59.2 Å². The standard InChI is InChI=1S/C20H19N3O4S/c1-2-11-21-18(24)13-5-7-14(8-6-13)22-20(26)16-9-10-17(28-16)23-19(25)15-4-3-12-27-15/h3-10,12H,2,11H2,1H3,(H,21,24)(H,22,26)(H,23,25). The quantitative estimate of drug-likeness (QED) is 0.561. The Morgan fingerprint density at radius 1 is 0.929 bits per heavy atom. The highest BCUT2D eigenvalue weighted by atomic mass is 32.1. The van der Waals surface area contributed by atoms with Gasteiger partial charge in [-0.2, -0.15) is 0 Å². The molecule has 8 heteroatoms. The molecule has 0 aliphatic rings. The van der Waals surface area contributed by atoms with Gasteiger partial charge in [-0.25, -0.2) is 0 Å². The first-order valence-corrected chi connectivity index (χ1v) is 9.52. The summed E-state index contributed by atoms with van der Waals surface area (Å²) in [5.41, 5.74) is 1.11. The summed E-state index contributed by atoms with van der Waals surface area (Å²) < 4.78 is 5.03. The van der Waals surface area contributed by atoms with Gasteiger partial charge in [0.25, 0.3) is 17.7 Å². The van der Waals surface area contributed by atoms with E-state index in [9.17, 15) is 14.4 Å². The summed E-state index contributed by atoms with van der Waals surface area (Å²) in [6, 6.07) is 13.1. The van der Waals surface area contributed by atoms with Crippen LogP contribution in [0.2, 0.25) is 0 Å². The van der Waals surface area contributed by atoms with Crippen molar-refractivity contribution in [3.63, 3.8) is 0 Å². The molecule has 2 aromatic heterocycles. The van der Waals surface area contributed by atoms with Crippen molar-refractivity contribution in [2.45, 2.75) is 13.3 Å². The van der Waals surface area contributed by atoms with Crippen LogP contribution in [-0.2, 0) is 0 Å². The molecule has 0 aliphatic heterocycles. The van der Waals surface area contributed by atoms with Crippen LogP contribution < -0.4 is 16.0 Å². The van der Waals surface area contributed by atoms with Crippen molar-refractivity contribution in [2.24, 2.45) is 0 Å². The molecule has 0 atom stereocenters. The van der Waals surface area contributed by atoms with Crippen LogP contribution in [0, 0.1) is 0 Å². The summed E-state index contributed by atoms with van der Waals surface area (Å²) >= 11 is 1.15. The van der Waals surface area contributed by atoms with E-state index in [-0.39, 0.29) is 23.5 Å². The van der Waals surface area contributed by atoms with Crippen LogP contribution in [0.25, 0.3) is 0 Å². The maximum Gasteiger partial charge on any atom is 0.291 e. The van der Waals surface area contributed by atoms with Gasteiger partial charge < -0.3 is 20.4 Å². The smallest absolute Gasteiger partial charge is 0.291 e. The summed E-state index contributed by atoms with van der Waals surface area (Å²) in [6.07, 6.45) is 2.28. The Bertz CT molecular complexity index is 962. The fraction of sp³-hybridized carbons (Fsp3) is 0.150. The highest BCUT2D eigenvalue weighted by Gasteiger charge is 2.14. The molecule has 3 N–H and O–H groups in total. The van der Waals surface area contributed by atoms with Crippen molar-refractivity contribution >= 4 is 39.7 Å². The van der Waals surface area contributed by atoms with E-state index in [1.54, 1.807) is 48.5 Å². The normalized spacial score (nSPS) is 10.3. The molecule has 7 nitrogen and oxygen atoms in total. The Kier molecular flexibility index (Phi) is 6.23. The molecule has 28 heavy (non-hydrogen) atoms. The van der Waals surface area contributed by atoms with Crippen LogP contribution in [0.4, 0.5) is 10.7 Å². The molecule has 3 rings (SSSR count). The minimum absolute atomic E-state index is 0.144. The Morgan fingerprint density at radius 2 is 1.71 bits per heavy atom. The Hall–Kier alpha value is -3.39. The van der Waals surface area contributed by atoms with Gasteiger partial charge in [-0.3, -0.25) is 14.4 Å². The zero-order valence-electron chi connectivity index (χ0n) is 15.2. The van der Waals surface area contributed by atoms with Gasteiger partial charge in [-0.15, -0.1) is 11.3 Å². The summed E-state index contributed by atoms with van der Waals surface area (Å²) in [4.78, 5) is 36.7. The van der Waals surface area contributed by atoms with Crippen LogP contribution in [0.1, 0.15) is 43.9 Å². The average Bonchev–Trinajstić information content (AvgIpc) is 3.39. The lowest BCUT2D eigenvalue weighted by atomic mass is 10.2. The number of amides is 3. The second kappa shape index (κ2) is 9.01. The summed E-state index contributed by atoms with van der Waals surface area (Å²) in [5, 5.41) is 8.79. The van der Waals surface area contributed by atoms with E-state index in [0.29, 0.717) is 27.7 Å². The number of anilines is 2. The number of furan rings is 1. The Morgan fingerprint density at radius 3 is 2.39 bits per heavy atom. The number of benzene rings is 1. The second-order valence-corrected chi connectivity index (χ2v) is 6.97. The maximum absolute atomic E-state index is 12.4. The topological polar surface area (TPSA) is 100 Å². The number of carbonyl (C=O) groups is 3. The molecule has 0 unspecified atom stereocenters. The molecule has 144 valence electrons. The molecule has 0 saturated carbocycles. The third-order valence-corrected chi connectivity index (χ3v) is 4.75. The largest absolute Gasteiger partial charge is 0.459 e.